The van der Waals surface area contributed by atoms with Crippen LogP contribution in [0.4, 0.5) is 0 Å². The minimum atomic E-state index is -0.0299. The van der Waals surface area contributed by atoms with Crippen LogP contribution in [0.25, 0.3) is 0 Å². The van der Waals surface area contributed by atoms with Gasteiger partial charge in [0.1, 0.15) is 0 Å². The third-order valence-electron chi connectivity index (χ3n) is 3.31. The first-order valence-corrected chi connectivity index (χ1v) is 7.90. The molecular weight excluding hydrogens is 234 g/mol. The molecule has 0 atom stereocenters. The van der Waals surface area contributed by atoms with Gasteiger partial charge in [-0.15, -0.1) is 0 Å². The van der Waals surface area contributed by atoms with E-state index in [0.29, 0.717) is 17.8 Å². The van der Waals surface area contributed by atoms with Crippen LogP contribution in [0, 0.1) is 23.7 Å². The zero-order chi connectivity index (χ0) is 15.2. The molecule has 0 aromatic carbocycles. The molecule has 0 aromatic rings. The Hall–Kier alpha value is -0.530. The Balaban J connectivity index is 5.15. The fraction of sp³-hybridized carbons (Fsp3) is 0.941. The van der Waals surface area contributed by atoms with Gasteiger partial charge in [0.05, 0.1) is 0 Å². The van der Waals surface area contributed by atoms with Crippen LogP contribution in [0.3, 0.4) is 0 Å². The average molecular weight is 269 g/mol. The van der Waals surface area contributed by atoms with Crippen LogP contribution in [0.1, 0.15) is 74.7 Å². The SMILES string of the molecule is CC(C)CC(CC(C)C)(CC(C)C)NC(=O)C(C)C. The minimum Gasteiger partial charge on any atom is -0.350 e. The van der Waals surface area contributed by atoms with Crippen molar-refractivity contribution in [2.45, 2.75) is 80.2 Å². The van der Waals surface area contributed by atoms with Gasteiger partial charge in [0.25, 0.3) is 0 Å². The topological polar surface area (TPSA) is 29.1 Å². The maximum atomic E-state index is 12.2. The van der Waals surface area contributed by atoms with E-state index >= 15 is 0 Å². The fourth-order valence-electron chi connectivity index (χ4n) is 3.15. The summed E-state index contributed by atoms with van der Waals surface area (Å²) in [7, 11) is 0. The highest BCUT2D eigenvalue weighted by molar-refractivity contribution is 5.78. The van der Waals surface area contributed by atoms with E-state index in [4.69, 9.17) is 0 Å². The van der Waals surface area contributed by atoms with Gasteiger partial charge in [0.15, 0.2) is 0 Å². The van der Waals surface area contributed by atoms with E-state index in [1.165, 1.54) is 0 Å². The highest BCUT2D eigenvalue weighted by atomic mass is 16.2. The molecule has 0 spiro atoms. The molecule has 114 valence electrons. The van der Waals surface area contributed by atoms with Crippen molar-refractivity contribution >= 4 is 5.91 Å². The van der Waals surface area contributed by atoms with Gasteiger partial charge in [-0.25, -0.2) is 0 Å². The molecule has 0 bridgehead atoms. The van der Waals surface area contributed by atoms with E-state index in [1.807, 2.05) is 13.8 Å². The first kappa shape index (κ1) is 18.5. The average Bonchev–Trinajstić information content (AvgIpc) is 2.12. The molecule has 0 aromatic heterocycles. The summed E-state index contributed by atoms with van der Waals surface area (Å²) in [6.07, 6.45) is 3.21. The number of amides is 1. The number of carbonyl (C=O) groups excluding carboxylic acids is 1. The van der Waals surface area contributed by atoms with Gasteiger partial charge in [-0.3, -0.25) is 4.79 Å². The Morgan fingerprint density at radius 2 is 1.11 bits per heavy atom. The van der Waals surface area contributed by atoms with Crippen molar-refractivity contribution < 1.29 is 4.79 Å². The number of hydrogen-bond acceptors (Lipinski definition) is 1. The first-order chi connectivity index (χ1) is 8.58. The molecule has 0 saturated heterocycles. The van der Waals surface area contributed by atoms with Crippen molar-refractivity contribution in [3.63, 3.8) is 0 Å². The summed E-state index contributed by atoms with van der Waals surface area (Å²) in [6.45, 7) is 17.4. The molecule has 0 aliphatic rings. The molecule has 0 heterocycles. The van der Waals surface area contributed by atoms with E-state index in [0.717, 1.165) is 19.3 Å². The Kier molecular flexibility index (Phi) is 7.69. The van der Waals surface area contributed by atoms with Crippen molar-refractivity contribution in [3.05, 3.63) is 0 Å². The molecule has 2 nitrogen and oxygen atoms in total. The Bertz CT molecular complexity index is 240. The van der Waals surface area contributed by atoms with Crippen LogP contribution in [0.15, 0.2) is 0 Å². The molecule has 1 N–H and O–H groups in total. The van der Waals surface area contributed by atoms with Crippen LogP contribution >= 0.6 is 0 Å². The number of hydrogen-bond donors (Lipinski definition) is 1. The number of nitrogens with one attached hydrogen (secondary N) is 1. The summed E-state index contributed by atoms with van der Waals surface area (Å²) < 4.78 is 0. The summed E-state index contributed by atoms with van der Waals surface area (Å²) >= 11 is 0. The second kappa shape index (κ2) is 7.91. The largest absolute Gasteiger partial charge is 0.350 e. The van der Waals surface area contributed by atoms with Gasteiger partial charge in [0.2, 0.25) is 5.91 Å². The van der Waals surface area contributed by atoms with E-state index in [9.17, 15) is 4.79 Å². The summed E-state index contributed by atoms with van der Waals surface area (Å²) in [6, 6.07) is 0. The van der Waals surface area contributed by atoms with Gasteiger partial charge in [-0.2, -0.15) is 0 Å². The van der Waals surface area contributed by atoms with Crippen molar-refractivity contribution in [2.75, 3.05) is 0 Å². The third kappa shape index (κ3) is 7.59. The number of rotatable bonds is 8. The van der Waals surface area contributed by atoms with E-state index in [1.54, 1.807) is 0 Å². The standard InChI is InChI=1S/C17H35NO/c1-12(2)9-17(10-13(3)4,11-14(5)6)18-16(19)15(7)8/h12-15H,9-11H2,1-8H3,(H,18,19). The van der Waals surface area contributed by atoms with Gasteiger partial charge in [0, 0.05) is 11.5 Å². The predicted octanol–water partition coefficient (Wildman–Crippen LogP) is 4.64. The van der Waals surface area contributed by atoms with Crippen LogP contribution in [-0.2, 0) is 4.79 Å². The van der Waals surface area contributed by atoms with Gasteiger partial charge < -0.3 is 5.32 Å². The summed E-state index contributed by atoms with van der Waals surface area (Å²) in [5.74, 6) is 2.06. The zero-order valence-corrected chi connectivity index (χ0v) is 14.3. The Labute approximate surface area is 120 Å². The fourth-order valence-corrected chi connectivity index (χ4v) is 3.15. The van der Waals surface area contributed by atoms with Gasteiger partial charge in [-0.05, 0) is 37.0 Å². The van der Waals surface area contributed by atoms with Gasteiger partial charge >= 0.3 is 0 Å². The Morgan fingerprint density at radius 1 is 0.789 bits per heavy atom. The molecule has 0 radical (unpaired) electrons. The summed E-state index contributed by atoms with van der Waals surface area (Å²) in [4.78, 5) is 12.2. The molecule has 0 aliphatic heterocycles. The lowest BCUT2D eigenvalue weighted by Crippen LogP contribution is -2.52. The highest BCUT2D eigenvalue weighted by Gasteiger charge is 2.34. The van der Waals surface area contributed by atoms with Crippen LogP contribution in [0.2, 0.25) is 0 Å². The van der Waals surface area contributed by atoms with Crippen LogP contribution in [-0.4, -0.2) is 11.4 Å². The maximum Gasteiger partial charge on any atom is 0.222 e. The molecule has 19 heavy (non-hydrogen) atoms. The molecular formula is C17H35NO. The lowest BCUT2D eigenvalue weighted by molar-refractivity contribution is -0.126. The smallest absolute Gasteiger partial charge is 0.222 e. The van der Waals surface area contributed by atoms with E-state index < -0.39 is 0 Å². The second-order valence-electron chi connectivity index (χ2n) is 7.72. The first-order valence-electron chi connectivity index (χ1n) is 7.90. The second-order valence-corrected chi connectivity index (χ2v) is 7.72. The minimum absolute atomic E-state index is 0.0299. The lowest BCUT2D eigenvalue weighted by atomic mass is 9.76. The van der Waals surface area contributed by atoms with E-state index in [-0.39, 0.29) is 17.4 Å². The van der Waals surface area contributed by atoms with E-state index in [2.05, 4.69) is 46.9 Å². The van der Waals surface area contributed by atoms with Gasteiger partial charge in [-0.1, -0.05) is 55.4 Å². The summed E-state index contributed by atoms with van der Waals surface area (Å²) in [5, 5.41) is 3.39. The quantitative estimate of drug-likeness (QED) is 0.683. The Morgan fingerprint density at radius 3 is 1.32 bits per heavy atom. The third-order valence-corrected chi connectivity index (χ3v) is 3.31. The van der Waals surface area contributed by atoms with Crippen LogP contribution in [0.5, 0.6) is 0 Å². The van der Waals surface area contributed by atoms with Crippen molar-refractivity contribution in [3.8, 4) is 0 Å². The molecule has 1 amide bonds. The van der Waals surface area contributed by atoms with Crippen molar-refractivity contribution in [1.29, 1.82) is 0 Å². The van der Waals surface area contributed by atoms with Crippen molar-refractivity contribution in [2.24, 2.45) is 23.7 Å². The highest BCUT2D eigenvalue weighted by Crippen LogP contribution is 2.31. The monoisotopic (exact) mass is 269 g/mol. The molecule has 0 unspecified atom stereocenters. The van der Waals surface area contributed by atoms with Crippen LogP contribution < -0.4 is 5.32 Å². The summed E-state index contributed by atoms with van der Waals surface area (Å²) in [5.41, 5.74) is -0.0299. The molecule has 0 aliphatic carbocycles. The number of carbonyl (C=O) groups is 1. The molecule has 2 heteroatoms. The zero-order valence-electron chi connectivity index (χ0n) is 14.3. The van der Waals surface area contributed by atoms with Crippen molar-refractivity contribution in [1.82, 2.24) is 5.32 Å². The normalized spacial score (nSPS) is 12.8. The lowest BCUT2D eigenvalue weighted by Gasteiger charge is -2.40. The predicted molar refractivity (Wildman–Crippen MR) is 84.1 cm³/mol. The maximum absolute atomic E-state index is 12.2. The molecule has 0 fully saturated rings. The molecule has 0 rings (SSSR count). The molecule has 0 saturated carbocycles.